The van der Waals surface area contributed by atoms with Gasteiger partial charge in [-0.1, -0.05) is 67.3 Å². The van der Waals surface area contributed by atoms with Gasteiger partial charge in [0, 0.05) is 26.2 Å². The number of benzene rings is 1. The molecule has 0 aliphatic heterocycles. The molecule has 1 aromatic heterocycles. The minimum atomic E-state index is -4.28. The summed E-state index contributed by atoms with van der Waals surface area (Å²) in [6, 6.07) is 5.25. The van der Waals surface area contributed by atoms with Crippen LogP contribution in [0.1, 0.15) is 42.4 Å². The lowest BCUT2D eigenvalue weighted by Gasteiger charge is -2.07. The van der Waals surface area contributed by atoms with Crippen LogP contribution in [0, 0.1) is 6.92 Å². The van der Waals surface area contributed by atoms with Crippen molar-refractivity contribution in [2.75, 3.05) is 18.9 Å². The molecule has 36 heavy (non-hydrogen) atoms. The molecule has 1 aliphatic rings. The monoisotopic (exact) mass is 496 g/mol. The number of nitrogens with one attached hydrogen (secondary N) is 2. The summed E-state index contributed by atoms with van der Waals surface area (Å²) in [6.07, 6.45) is 14.1. The first-order valence-electron chi connectivity index (χ1n) is 11.8. The quantitative estimate of drug-likeness (QED) is 0.278. The molecule has 0 bridgehead atoms. The largest absolute Gasteiger partial charge is 0.416 e. The van der Waals surface area contributed by atoms with Gasteiger partial charge < -0.3 is 15.2 Å². The van der Waals surface area contributed by atoms with Crippen LogP contribution in [0.3, 0.4) is 0 Å². The Kier molecular flexibility index (Phi) is 11.1. The number of aromatic nitrogens is 2. The lowest BCUT2D eigenvalue weighted by molar-refractivity contribution is -0.137. The van der Waals surface area contributed by atoms with E-state index in [0.29, 0.717) is 0 Å². The smallest absolute Gasteiger partial charge is 0.391 e. The van der Waals surface area contributed by atoms with Gasteiger partial charge in [0.1, 0.15) is 11.6 Å². The molecular formula is C29H35F3N4. The maximum Gasteiger partial charge on any atom is 0.416 e. The molecule has 0 atom stereocenters. The molecule has 0 saturated carbocycles. The normalized spacial score (nSPS) is 13.3. The van der Waals surface area contributed by atoms with Gasteiger partial charge in [-0.2, -0.15) is 13.2 Å². The van der Waals surface area contributed by atoms with Crippen molar-refractivity contribution in [2.24, 2.45) is 0 Å². The highest BCUT2D eigenvalue weighted by Gasteiger charge is 2.29. The third-order valence-corrected chi connectivity index (χ3v) is 5.54. The van der Waals surface area contributed by atoms with Crippen LogP contribution in [-0.4, -0.2) is 23.1 Å². The molecule has 0 radical (unpaired) electrons. The molecule has 0 unspecified atom stereocenters. The predicted octanol–water partition coefficient (Wildman–Crippen LogP) is 7.55. The fraction of sp³-hybridized carbons (Fsp3) is 0.276. The average Bonchev–Trinajstić information content (AvgIpc) is 3.00. The Morgan fingerprint density at radius 3 is 2.42 bits per heavy atom. The van der Waals surface area contributed by atoms with Gasteiger partial charge in [-0.05, 0) is 56.2 Å². The average molecular weight is 497 g/mol. The fourth-order valence-corrected chi connectivity index (χ4v) is 3.54. The number of alkyl halides is 3. The minimum Gasteiger partial charge on any atom is -0.391 e. The van der Waals surface area contributed by atoms with Crippen LogP contribution in [0.4, 0.5) is 19.0 Å². The number of halogens is 3. The maximum atomic E-state index is 12.4. The zero-order valence-electron chi connectivity index (χ0n) is 21.2. The first-order chi connectivity index (χ1) is 17.2. The van der Waals surface area contributed by atoms with E-state index in [4.69, 9.17) is 0 Å². The van der Waals surface area contributed by atoms with Crippen LogP contribution >= 0.6 is 0 Å². The minimum absolute atomic E-state index is 0.615. The molecule has 1 aromatic carbocycles. The highest BCUT2D eigenvalue weighted by atomic mass is 19.4. The summed E-state index contributed by atoms with van der Waals surface area (Å²) in [5, 5.41) is 6.14. The van der Waals surface area contributed by atoms with Crippen LogP contribution in [0.25, 0.3) is 11.8 Å². The van der Waals surface area contributed by atoms with Gasteiger partial charge in [0.2, 0.25) is 0 Å². The second-order valence-corrected chi connectivity index (χ2v) is 8.20. The Bertz CT molecular complexity index is 1130. The molecule has 7 heteroatoms. The number of hydrogen-bond donors (Lipinski definition) is 2. The van der Waals surface area contributed by atoms with E-state index in [9.17, 15) is 13.2 Å². The standard InChI is InChI=1S/C15H13F3.C14H22N4/c1-11-3-2-4-12(6-5-11)13-7-9-14(10-8-13)15(16,17)18;1-5-16-11-9-7-8-10-13-17-14(15-4)12(3)18(13)6-2/h2,4-10H,3H2,1H3;5-8,15-16H,1-2,9-11H2,3-4H3. The molecule has 0 spiro atoms. The molecule has 2 N–H and O–H groups in total. The number of rotatable bonds is 9. The highest BCUT2D eigenvalue weighted by Crippen LogP contribution is 2.30. The summed E-state index contributed by atoms with van der Waals surface area (Å²) in [6.45, 7) is 12.4. The number of imidazole rings is 1. The van der Waals surface area contributed by atoms with E-state index >= 15 is 0 Å². The summed E-state index contributed by atoms with van der Waals surface area (Å²) >= 11 is 0. The number of allylic oxidation sites excluding steroid dienone is 7. The number of nitrogens with zero attached hydrogens (tertiary/aromatic N) is 2. The van der Waals surface area contributed by atoms with Crippen molar-refractivity contribution >= 4 is 17.6 Å². The van der Waals surface area contributed by atoms with Crippen molar-refractivity contribution in [1.82, 2.24) is 14.9 Å². The summed E-state index contributed by atoms with van der Waals surface area (Å²) in [5.74, 6) is 1.91. The first-order valence-corrected chi connectivity index (χ1v) is 11.8. The topological polar surface area (TPSA) is 41.9 Å². The zero-order valence-corrected chi connectivity index (χ0v) is 21.2. The molecule has 1 aliphatic carbocycles. The highest BCUT2D eigenvalue weighted by molar-refractivity contribution is 5.76. The zero-order chi connectivity index (χ0) is 26.6. The second-order valence-electron chi connectivity index (χ2n) is 8.20. The Morgan fingerprint density at radius 2 is 1.81 bits per heavy atom. The molecule has 3 rings (SSSR count). The third-order valence-electron chi connectivity index (χ3n) is 5.54. The van der Waals surface area contributed by atoms with Crippen LogP contribution in [-0.2, 0) is 12.6 Å². The molecule has 192 valence electrons. The summed E-state index contributed by atoms with van der Waals surface area (Å²) in [5.41, 5.74) is 3.43. The molecule has 4 nitrogen and oxygen atoms in total. The first kappa shape index (κ1) is 28.5. The van der Waals surface area contributed by atoms with E-state index in [0.717, 1.165) is 66.4 Å². The van der Waals surface area contributed by atoms with Gasteiger partial charge in [-0.15, -0.1) is 0 Å². The fourth-order valence-electron chi connectivity index (χ4n) is 3.54. The predicted molar refractivity (Wildman–Crippen MR) is 145 cm³/mol. The van der Waals surface area contributed by atoms with Crippen LogP contribution in [0.2, 0.25) is 0 Å². The van der Waals surface area contributed by atoms with Gasteiger partial charge in [0.25, 0.3) is 0 Å². The Hall–Kier alpha value is -3.74. The van der Waals surface area contributed by atoms with E-state index in [1.807, 2.05) is 49.8 Å². The van der Waals surface area contributed by atoms with E-state index in [2.05, 4.69) is 40.9 Å². The number of hydrogen-bond acceptors (Lipinski definition) is 3. The molecule has 0 saturated heterocycles. The summed E-state index contributed by atoms with van der Waals surface area (Å²) in [7, 11) is 1.88. The summed E-state index contributed by atoms with van der Waals surface area (Å²) < 4.78 is 39.3. The van der Waals surface area contributed by atoms with Gasteiger partial charge in [0.15, 0.2) is 0 Å². The molecule has 0 amide bonds. The van der Waals surface area contributed by atoms with Crippen LogP contribution in [0.5, 0.6) is 0 Å². The van der Waals surface area contributed by atoms with Crippen molar-refractivity contribution in [3.8, 4) is 0 Å². The van der Waals surface area contributed by atoms with Crippen molar-refractivity contribution in [3.63, 3.8) is 0 Å². The SMILES string of the molecule is C=CNCCC=CCc1nc(NC)c(C)n1C=C.CC1=CC=C(c2ccc(C(F)(F)F)cc2)C=CC1. The molecular weight excluding hydrogens is 461 g/mol. The van der Waals surface area contributed by atoms with Crippen LogP contribution in [0.15, 0.2) is 85.7 Å². The molecule has 0 fully saturated rings. The third kappa shape index (κ3) is 8.48. The lowest BCUT2D eigenvalue weighted by atomic mass is 10.0. The molecule has 2 aromatic rings. The molecule has 1 heterocycles. The van der Waals surface area contributed by atoms with E-state index < -0.39 is 11.7 Å². The number of anilines is 1. The van der Waals surface area contributed by atoms with E-state index in [1.165, 1.54) is 17.7 Å². The van der Waals surface area contributed by atoms with Gasteiger partial charge in [-0.25, -0.2) is 4.98 Å². The van der Waals surface area contributed by atoms with Crippen molar-refractivity contribution in [1.29, 1.82) is 0 Å². The Morgan fingerprint density at radius 1 is 1.08 bits per heavy atom. The van der Waals surface area contributed by atoms with Crippen molar-refractivity contribution < 1.29 is 13.2 Å². The van der Waals surface area contributed by atoms with Gasteiger partial charge in [0.05, 0.1) is 11.3 Å². The van der Waals surface area contributed by atoms with Gasteiger partial charge >= 0.3 is 6.18 Å². The van der Waals surface area contributed by atoms with E-state index in [-0.39, 0.29) is 0 Å². The van der Waals surface area contributed by atoms with E-state index in [1.54, 1.807) is 12.4 Å². The van der Waals surface area contributed by atoms with Crippen LogP contribution < -0.4 is 10.6 Å². The lowest BCUT2D eigenvalue weighted by Crippen LogP contribution is -2.04. The Labute approximate surface area is 212 Å². The second kappa shape index (κ2) is 14.0. The van der Waals surface area contributed by atoms with Gasteiger partial charge in [-0.3, -0.25) is 0 Å². The maximum absolute atomic E-state index is 12.4. The summed E-state index contributed by atoms with van der Waals surface area (Å²) in [4.78, 5) is 4.53. The van der Waals surface area contributed by atoms with Crippen molar-refractivity contribution in [2.45, 2.75) is 39.3 Å². The Balaban J connectivity index is 0.000000254. The van der Waals surface area contributed by atoms with Crippen molar-refractivity contribution in [3.05, 3.63) is 108 Å².